The van der Waals surface area contributed by atoms with Crippen LogP contribution in [0, 0.1) is 0 Å². The summed E-state index contributed by atoms with van der Waals surface area (Å²) in [5.41, 5.74) is 3.99. The van der Waals surface area contributed by atoms with Gasteiger partial charge in [-0.3, -0.25) is 9.78 Å². The molecule has 0 aliphatic carbocycles. The zero-order valence-corrected chi connectivity index (χ0v) is 15.0. The van der Waals surface area contributed by atoms with Crippen molar-refractivity contribution in [2.24, 2.45) is 5.10 Å². The fourth-order valence-corrected chi connectivity index (χ4v) is 2.24. The maximum Gasteiger partial charge on any atom is 0.343 e. The Kier molecular flexibility index (Phi) is 6.10. The second-order valence-corrected chi connectivity index (χ2v) is 5.63. The quantitative estimate of drug-likeness (QED) is 0.309. The molecule has 0 radical (unpaired) electrons. The van der Waals surface area contributed by atoms with Crippen molar-refractivity contribution in [3.63, 3.8) is 0 Å². The second kappa shape index (κ2) is 9.09. The van der Waals surface area contributed by atoms with Crippen molar-refractivity contribution in [2.75, 3.05) is 7.11 Å². The van der Waals surface area contributed by atoms with Crippen molar-refractivity contribution >= 4 is 18.1 Å². The minimum Gasteiger partial charge on any atom is -0.497 e. The molecule has 28 heavy (non-hydrogen) atoms. The molecule has 0 saturated carbocycles. The first-order chi connectivity index (χ1) is 13.7. The maximum atomic E-state index is 12.1. The van der Waals surface area contributed by atoms with Gasteiger partial charge in [0.2, 0.25) is 0 Å². The molecular weight excluding hydrogens is 358 g/mol. The van der Waals surface area contributed by atoms with E-state index in [1.165, 1.54) is 12.4 Å². The number of nitrogens with one attached hydrogen (secondary N) is 1. The van der Waals surface area contributed by atoms with Crippen molar-refractivity contribution in [3.8, 4) is 11.5 Å². The highest BCUT2D eigenvalue weighted by Crippen LogP contribution is 2.16. The third kappa shape index (κ3) is 5.01. The van der Waals surface area contributed by atoms with Crippen molar-refractivity contribution in [2.45, 2.75) is 0 Å². The summed E-state index contributed by atoms with van der Waals surface area (Å²) in [5, 5.41) is 3.90. The summed E-state index contributed by atoms with van der Waals surface area (Å²) in [4.78, 5) is 27.9. The van der Waals surface area contributed by atoms with E-state index in [-0.39, 0.29) is 5.91 Å². The number of hydrogen-bond donors (Lipinski definition) is 1. The van der Waals surface area contributed by atoms with E-state index >= 15 is 0 Å². The van der Waals surface area contributed by atoms with Crippen LogP contribution < -0.4 is 14.9 Å². The van der Waals surface area contributed by atoms with Crippen LogP contribution in [0.2, 0.25) is 0 Å². The van der Waals surface area contributed by atoms with Crippen LogP contribution in [0.15, 0.2) is 78.2 Å². The normalized spacial score (nSPS) is 10.5. The smallest absolute Gasteiger partial charge is 0.343 e. The number of hydrazone groups is 1. The molecule has 0 unspecified atom stereocenters. The van der Waals surface area contributed by atoms with Gasteiger partial charge in [0.05, 0.1) is 24.5 Å². The third-order valence-corrected chi connectivity index (χ3v) is 3.72. The van der Waals surface area contributed by atoms with Gasteiger partial charge >= 0.3 is 5.97 Å². The van der Waals surface area contributed by atoms with Crippen molar-refractivity contribution < 1.29 is 19.1 Å². The number of aromatic nitrogens is 1. The lowest BCUT2D eigenvalue weighted by atomic mass is 10.2. The maximum absolute atomic E-state index is 12.1. The number of ether oxygens (including phenoxy) is 2. The molecule has 3 aromatic rings. The van der Waals surface area contributed by atoms with E-state index in [1.807, 2.05) is 0 Å². The summed E-state index contributed by atoms with van der Waals surface area (Å²) >= 11 is 0. The highest BCUT2D eigenvalue weighted by Gasteiger charge is 2.08. The number of methoxy groups -OCH3 is 1. The van der Waals surface area contributed by atoms with Crippen LogP contribution in [-0.2, 0) is 0 Å². The van der Waals surface area contributed by atoms with Gasteiger partial charge in [0.15, 0.2) is 0 Å². The summed E-state index contributed by atoms with van der Waals surface area (Å²) < 4.78 is 10.4. The highest BCUT2D eigenvalue weighted by atomic mass is 16.5. The van der Waals surface area contributed by atoms with E-state index in [0.29, 0.717) is 22.6 Å². The number of amides is 1. The summed E-state index contributed by atoms with van der Waals surface area (Å²) in [5.74, 6) is 0.246. The van der Waals surface area contributed by atoms with Crippen molar-refractivity contribution in [1.29, 1.82) is 0 Å². The molecule has 0 bridgehead atoms. The Morgan fingerprint density at radius 1 is 0.964 bits per heavy atom. The van der Waals surface area contributed by atoms with Crippen LogP contribution in [0.4, 0.5) is 0 Å². The monoisotopic (exact) mass is 375 g/mol. The van der Waals surface area contributed by atoms with Gasteiger partial charge in [0.1, 0.15) is 11.5 Å². The van der Waals surface area contributed by atoms with E-state index in [4.69, 9.17) is 9.47 Å². The van der Waals surface area contributed by atoms with Crippen LogP contribution in [0.5, 0.6) is 11.5 Å². The Hall–Kier alpha value is -4.00. The Morgan fingerprint density at radius 3 is 2.32 bits per heavy atom. The first kappa shape index (κ1) is 18.8. The molecule has 0 aliphatic heterocycles. The van der Waals surface area contributed by atoms with E-state index in [1.54, 1.807) is 74.0 Å². The number of nitrogens with zero attached hydrogens (tertiary/aromatic N) is 2. The second-order valence-electron chi connectivity index (χ2n) is 5.63. The van der Waals surface area contributed by atoms with Gasteiger partial charge in [-0.2, -0.15) is 5.10 Å². The van der Waals surface area contributed by atoms with Gasteiger partial charge < -0.3 is 9.47 Å². The van der Waals surface area contributed by atoms with Crippen LogP contribution in [0.25, 0.3) is 0 Å². The molecule has 7 heteroatoms. The number of carbonyl (C=O) groups is 2. The Balaban J connectivity index is 1.55. The zero-order chi connectivity index (χ0) is 19.8. The highest BCUT2D eigenvalue weighted by molar-refractivity contribution is 5.94. The van der Waals surface area contributed by atoms with E-state index < -0.39 is 5.97 Å². The molecule has 1 amide bonds. The molecule has 0 spiro atoms. The zero-order valence-electron chi connectivity index (χ0n) is 15.0. The van der Waals surface area contributed by atoms with Gasteiger partial charge in [-0.25, -0.2) is 10.2 Å². The molecule has 1 heterocycles. The van der Waals surface area contributed by atoms with Gasteiger partial charge in [-0.05, 0) is 66.2 Å². The summed E-state index contributed by atoms with van der Waals surface area (Å²) in [6, 6.07) is 16.7. The topological polar surface area (TPSA) is 89.9 Å². The largest absolute Gasteiger partial charge is 0.497 e. The third-order valence-electron chi connectivity index (χ3n) is 3.72. The lowest BCUT2D eigenvalue weighted by Gasteiger charge is -2.05. The Labute approximate surface area is 161 Å². The van der Waals surface area contributed by atoms with E-state index in [0.717, 1.165) is 5.56 Å². The average Bonchev–Trinajstić information content (AvgIpc) is 2.75. The number of esters is 1. The summed E-state index contributed by atoms with van der Waals surface area (Å²) in [7, 11) is 1.56. The number of rotatable bonds is 6. The Morgan fingerprint density at radius 2 is 1.68 bits per heavy atom. The minimum absolute atomic E-state index is 0.352. The predicted octanol–water partition coefficient (Wildman–Crippen LogP) is 3.07. The first-order valence-corrected chi connectivity index (χ1v) is 8.35. The molecular formula is C21H17N3O4. The standard InChI is InChI=1S/C21H17N3O4/c1-27-18-10-6-16(7-11-18)21(26)28-19-8-4-15(5-9-19)13-23-24-20(25)17-3-2-12-22-14-17/h2-14H,1H3,(H,24,25). The van der Waals surface area contributed by atoms with Gasteiger partial charge in [0, 0.05) is 12.4 Å². The molecule has 0 aliphatic rings. The molecule has 0 fully saturated rings. The number of benzene rings is 2. The first-order valence-electron chi connectivity index (χ1n) is 8.35. The number of carbonyl (C=O) groups excluding carboxylic acids is 2. The van der Waals surface area contributed by atoms with Crippen LogP contribution in [0.3, 0.4) is 0 Å². The molecule has 1 aromatic heterocycles. The molecule has 0 atom stereocenters. The fourth-order valence-electron chi connectivity index (χ4n) is 2.24. The number of pyridine rings is 1. The molecule has 3 rings (SSSR count). The molecule has 1 N–H and O–H groups in total. The molecule has 7 nitrogen and oxygen atoms in total. The molecule has 140 valence electrons. The van der Waals surface area contributed by atoms with Crippen LogP contribution in [0.1, 0.15) is 26.3 Å². The van der Waals surface area contributed by atoms with E-state index in [2.05, 4.69) is 15.5 Å². The van der Waals surface area contributed by atoms with Gasteiger partial charge in [-0.15, -0.1) is 0 Å². The fraction of sp³-hybridized carbons (Fsp3) is 0.0476. The summed E-state index contributed by atoms with van der Waals surface area (Å²) in [6.07, 6.45) is 4.53. The van der Waals surface area contributed by atoms with Crippen LogP contribution in [-0.4, -0.2) is 30.2 Å². The lowest BCUT2D eigenvalue weighted by molar-refractivity contribution is 0.0734. The average molecular weight is 375 g/mol. The SMILES string of the molecule is COc1ccc(C(=O)Oc2ccc(C=NNC(=O)c3cccnc3)cc2)cc1. The van der Waals surface area contributed by atoms with Crippen LogP contribution >= 0.6 is 0 Å². The lowest BCUT2D eigenvalue weighted by Crippen LogP contribution is -2.17. The molecule has 0 saturated heterocycles. The number of hydrogen-bond acceptors (Lipinski definition) is 6. The Bertz CT molecular complexity index is 969. The summed E-state index contributed by atoms with van der Waals surface area (Å²) in [6.45, 7) is 0. The molecule has 2 aromatic carbocycles. The van der Waals surface area contributed by atoms with Crippen molar-refractivity contribution in [3.05, 3.63) is 89.7 Å². The van der Waals surface area contributed by atoms with Gasteiger partial charge in [-0.1, -0.05) is 0 Å². The van der Waals surface area contributed by atoms with Gasteiger partial charge in [0.25, 0.3) is 5.91 Å². The minimum atomic E-state index is -0.465. The van der Waals surface area contributed by atoms with E-state index in [9.17, 15) is 9.59 Å². The van der Waals surface area contributed by atoms with Crippen molar-refractivity contribution in [1.82, 2.24) is 10.4 Å². The predicted molar refractivity (Wildman–Crippen MR) is 104 cm³/mol.